The summed E-state index contributed by atoms with van der Waals surface area (Å²) in [6.07, 6.45) is 2.35. The Morgan fingerprint density at radius 2 is 2.11 bits per heavy atom. The summed E-state index contributed by atoms with van der Waals surface area (Å²) in [5.41, 5.74) is -0.290. The molecule has 1 amide bonds. The molecule has 2 heterocycles. The fourth-order valence-electron chi connectivity index (χ4n) is 2.33. The summed E-state index contributed by atoms with van der Waals surface area (Å²) in [7, 11) is 0. The van der Waals surface area contributed by atoms with Crippen LogP contribution in [0.3, 0.4) is 0 Å². The van der Waals surface area contributed by atoms with Crippen LogP contribution >= 0.6 is 0 Å². The van der Waals surface area contributed by atoms with Gasteiger partial charge in [0.2, 0.25) is 0 Å². The first-order chi connectivity index (χ1) is 9.02. The minimum atomic E-state index is -0.925. The molecule has 2 N–H and O–H groups in total. The van der Waals surface area contributed by atoms with Crippen molar-refractivity contribution in [1.29, 1.82) is 0 Å². The highest BCUT2D eigenvalue weighted by Crippen LogP contribution is 2.25. The van der Waals surface area contributed by atoms with Crippen molar-refractivity contribution in [3.05, 3.63) is 23.7 Å². The predicted octanol–water partition coefficient (Wildman–Crippen LogP) is 1.34. The molecule has 0 unspecified atom stereocenters. The number of amides is 1. The van der Waals surface area contributed by atoms with Crippen molar-refractivity contribution in [3.63, 3.8) is 0 Å². The first kappa shape index (κ1) is 13.6. The van der Waals surface area contributed by atoms with Crippen molar-refractivity contribution in [2.24, 2.45) is 0 Å². The van der Waals surface area contributed by atoms with Gasteiger partial charge in [-0.15, -0.1) is 0 Å². The zero-order valence-corrected chi connectivity index (χ0v) is 10.8. The van der Waals surface area contributed by atoms with Gasteiger partial charge in [0.15, 0.2) is 0 Å². The summed E-state index contributed by atoms with van der Waals surface area (Å²) < 4.78 is 10.3. The van der Waals surface area contributed by atoms with Crippen molar-refractivity contribution >= 4 is 11.9 Å². The Hall–Kier alpha value is -1.82. The average molecular weight is 267 g/mol. The van der Waals surface area contributed by atoms with Gasteiger partial charge in [-0.25, -0.2) is 0 Å². The number of furan rings is 1. The average Bonchev–Trinajstić information content (AvgIpc) is 2.75. The number of nitrogens with one attached hydrogen (secondary N) is 1. The van der Waals surface area contributed by atoms with Gasteiger partial charge in [-0.2, -0.15) is 0 Å². The molecular weight excluding hydrogens is 250 g/mol. The third-order valence-electron chi connectivity index (χ3n) is 3.42. The standard InChI is InChI=1S/C13H17NO5/c1-9-10(2-5-19-9)12(17)14-13(8-11(15)16)3-6-18-7-4-13/h2,5H,3-4,6-8H2,1H3,(H,14,17)(H,15,16). The number of aliphatic carboxylic acids is 1. The van der Waals surface area contributed by atoms with Gasteiger partial charge < -0.3 is 19.6 Å². The summed E-state index contributed by atoms with van der Waals surface area (Å²) >= 11 is 0. The van der Waals surface area contributed by atoms with Gasteiger partial charge in [-0.1, -0.05) is 0 Å². The van der Waals surface area contributed by atoms with E-state index in [4.69, 9.17) is 14.3 Å². The third-order valence-corrected chi connectivity index (χ3v) is 3.42. The molecule has 2 rings (SSSR count). The molecule has 0 aromatic carbocycles. The largest absolute Gasteiger partial charge is 0.481 e. The van der Waals surface area contributed by atoms with E-state index >= 15 is 0 Å². The van der Waals surface area contributed by atoms with E-state index in [0.29, 0.717) is 37.4 Å². The maximum atomic E-state index is 12.2. The highest BCUT2D eigenvalue weighted by atomic mass is 16.5. The van der Waals surface area contributed by atoms with Gasteiger partial charge in [0.25, 0.3) is 5.91 Å². The molecule has 0 bridgehead atoms. The van der Waals surface area contributed by atoms with E-state index in [2.05, 4.69) is 5.32 Å². The summed E-state index contributed by atoms with van der Waals surface area (Å²) in [4.78, 5) is 23.2. The summed E-state index contributed by atoms with van der Waals surface area (Å²) in [6.45, 7) is 2.61. The molecule has 1 aliphatic rings. The second-order valence-corrected chi connectivity index (χ2v) is 4.81. The third kappa shape index (κ3) is 3.14. The lowest BCUT2D eigenvalue weighted by Crippen LogP contribution is -2.53. The number of carbonyl (C=O) groups is 2. The van der Waals surface area contributed by atoms with Crippen LogP contribution in [0, 0.1) is 6.92 Å². The molecule has 1 aromatic heterocycles. The number of rotatable bonds is 4. The molecule has 19 heavy (non-hydrogen) atoms. The monoisotopic (exact) mass is 267 g/mol. The fourth-order valence-corrected chi connectivity index (χ4v) is 2.33. The van der Waals surface area contributed by atoms with E-state index in [-0.39, 0.29) is 12.3 Å². The Morgan fingerprint density at radius 1 is 1.42 bits per heavy atom. The van der Waals surface area contributed by atoms with Crippen LogP contribution in [0.5, 0.6) is 0 Å². The number of carboxylic acid groups (broad SMARTS) is 1. The molecule has 1 fully saturated rings. The minimum Gasteiger partial charge on any atom is -0.481 e. The Morgan fingerprint density at radius 3 is 2.63 bits per heavy atom. The Bertz CT molecular complexity index is 473. The van der Waals surface area contributed by atoms with Gasteiger partial charge in [0.05, 0.1) is 23.8 Å². The molecule has 1 aromatic rings. The van der Waals surface area contributed by atoms with Crippen LogP contribution in [0.1, 0.15) is 35.4 Å². The Labute approximate surface area is 110 Å². The molecule has 6 heteroatoms. The number of ether oxygens (including phenoxy) is 1. The van der Waals surface area contributed by atoms with E-state index < -0.39 is 11.5 Å². The van der Waals surface area contributed by atoms with Crippen LogP contribution in [0.25, 0.3) is 0 Å². The van der Waals surface area contributed by atoms with Crippen LogP contribution in [-0.4, -0.2) is 35.7 Å². The molecular formula is C13H17NO5. The van der Waals surface area contributed by atoms with Gasteiger partial charge >= 0.3 is 5.97 Å². The van der Waals surface area contributed by atoms with E-state index in [0.717, 1.165) is 0 Å². The van der Waals surface area contributed by atoms with E-state index in [1.807, 2.05) is 0 Å². The van der Waals surface area contributed by atoms with E-state index in [9.17, 15) is 9.59 Å². The van der Waals surface area contributed by atoms with Gasteiger partial charge in [0.1, 0.15) is 5.76 Å². The van der Waals surface area contributed by atoms with Gasteiger partial charge in [-0.3, -0.25) is 9.59 Å². The van der Waals surface area contributed by atoms with Crippen LogP contribution in [0.4, 0.5) is 0 Å². The van der Waals surface area contributed by atoms with Gasteiger partial charge in [-0.05, 0) is 25.8 Å². The topological polar surface area (TPSA) is 88.8 Å². The highest BCUT2D eigenvalue weighted by molar-refractivity contribution is 5.95. The maximum absolute atomic E-state index is 12.2. The SMILES string of the molecule is Cc1occc1C(=O)NC1(CC(=O)O)CCOCC1. The molecule has 0 saturated carbocycles. The normalized spacial score (nSPS) is 17.9. The summed E-state index contributed by atoms with van der Waals surface area (Å²) in [5.74, 6) is -0.699. The lowest BCUT2D eigenvalue weighted by atomic mass is 9.86. The zero-order chi connectivity index (χ0) is 13.9. The number of carbonyl (C=O) groups excluding carboxylic acids is 1. The second kappa shape index (κ2) is 5.44. The number of hydrogen-bond acceptors (Lipinski definition) is 4. The zero-order valence-electron chi connectivity index (χ0n) is 10.8. The smallest absolute Gasteiger partial charge is 0.305 e. The van der Waals surface area contributed by atoms with E-state index in [1.165, 1.54) is 6.26 Å². The molecule has 6 nitrogen and oxygen atoms in total. The first-order valence-electron chi connectivity index (χ1n) is 6.19. The summed E-state index contributed by atoms with van der Waals surface area (Å²) in [6, 6.07) is 1.58. The van der Waals surface area contributed by atoms with Crippen molar-refractivity contribution in [1.82, 2.24) is 5.32 Å². The minimum absolute atomic E-state index is 0.0982. The van der Waals surface area contributed by atoms with E-state index in [1.54, 1.807) is 13.0 Å². The number of carboxylic acids is 1. The molecule has 1 aliphatic heterocycles. The summed E-state index contributed by atoms with van der Waals surface area (Å²) in [5, 5.41) is 11.9. The maximum Gasteiger partial charge on any atom is 0.305 e. The molecule has 0 atom stereocenters. The van der Waals surface area contributed by atoms with Crippen LogP contribution in [0.2, 0.25) is 0 Å². The Kier molecular flexibility index (Phi) is 3.90. The van der Waals surface area contributed by atoms with Crippen LogP contribution in [0.15, 0.2) is 16.7 Å². The van der Waals surface area contributed by atoms with Gasteiger partial charge in [0, 0.05) is 13.2 Å². The molecule has 0 aliphatic carbocycles. The Balaban J connectivity index is 2.14. The van der Waals surface area contributed by atoms with Crippen molar-refractivity contribution in [2.45, 2.75) is 31.7 Å². The molecule has 1 saturated heterocycles. The van der Waals surface area contributed by atoms with Crippen LogP contribution in [-0.2, 0) is 9.53 Å². The van der Waals surface area contributed by atoms with Crippen molar-refractivity contribution in [3.8, 4) is 0 Å². The molecule has 0 radical (unpaired) electrons. The highest BCUT2D eigenvalue weighted by Gasteiger charge is 2.37. The lowest BCUT2D eigenvalue weighted by molar-refractivity contribution is -0.139. The lowest BCUT2D eigenvalue weighted by Gasteiger charge is -2.36. The van der Waals surface area contributed by atoms with Crippen molar-refractivity contribution < 1.29 is 23.8 Å². The van der Waals surface area contributed by atoms with Crippen LogP contribution < -0.4 is 5.32 Å². The molecule has 104 valence electrons. The quantitative estimate of drug-likeness (QED) is 0.859. The number of hydrogen-bond donors (Lipinski definition) is 2. The number of aryl methyl sites for hydroxylation is 1. The predicted molar refractivity (Wildman–Crippen MR) is 65.9 cm³/mol. The van der Waals surface area contributed by atoms with Crippen molar-refractivity contribution in [2.75, 3.05) is 13.2 Å². The molecule has 0 spiro atoms. The fraction of sp³-hybridized carbons (Fsp3) is 0.538. The second-order valence-electron chi connectivity index (χ2n) is 4.81. The first-order valence-corrected chi connectivity index (χ1v) is 6.19.